The van der Waals surface area contributed by atoms with E-state index in [0.29, 0.717) is 19.6 Å². The van der Waals surface area contributed by atoms with Gasteiger partial charge in [-0.1, -0.05) is 24.3 Å². The van der Waals surface area contributed by atoms with E-state index in [4.69, 9.17) is 5.73 Å². The van der Waals surface area contributed by atoms with E-state index in [0.717, 1.165) is 11.1 Å². The van der Waals surface area contributed by atoms with E-state index in [-0.39, 0.29) is 6.54 Å². The van der Waals surface area contributed by atoms with Crippen molar-refractivity contribution < 1.29 is 8.78 Å². The molecule has 90 valence electrons. The maximum absolute atomic E-state index is 12.3. The second-order valence-electron chi connectivity index (χ2n) is 3.84. The molecule has 0 aliphatic rings. The van der Waals surface area contributed by atoms with E-state index in [1.54, 1.807) is 4.90 Å². The summed E-state index contributed by atoms with van der Waals surface area (Å²) >= 11 is 0. The molecule has 0 spiro atoms. The lowest BCUT2D eigenvalue weighted by atomic mass is 10.1. The minimum absolute atomic E-state index is 0.217. The molecule has 0 aliphatic carbocycles. The van der Waals surface area contributed by atoms with E-state index >= 15 is 0 Å². The number of alkyl halides is 2. The van der Waals surface area contributed by atoms with Gasteiger partial charge in [-0.2, -0.15) is 0 Å². The van der Waals surface area contributed by atoms with E-state index < -0.39 is 6.43 Å². The molecule has 1 rings (SSSR count). The van der Waals surface area contributed by atoms with Gasteiger partial charge in [0.25, 0.3) is 6.43 Å². The predicted molar refractivity (Wildman–Crippen MR) is 61.5 cm³/mol. The standard InChI is InChI=1S/C12H18F2N2/c1-10-4-2-3-5-11(10)8-16(7-6-15)9-12(13)14/h2-5,12H,6-9,15H2,1H3. The van der Waals surface area contributed by atoms with Crippen molar-refractivity contribution in [2.45, 2.75) is 19.9 Å². The lowest BCUT2D eigenvalue weighted by molar-refractivity contribution is 0.0861. The summed E-state index contributed by atoms with van der Waals surface area (Å²) in [6.07, 6.45) is -2.31. The molecule has 0 heterocycles. The number of benzene rings is 1. The van der Waals surface area contributed by atoms with E-state index in [1.165, 1.54) is 0 Å². The van der Waals surface area contributed by atoms with E-state index in [9.17, 15) is 8.78 Å². The third-order valence-electron chi connectivity index (χ3n) is 2.50. The molecule has 1 aromatic carbocycles. The first kappa shape index (κ1) is 13.1. The zero-order valence-electron chi connectivity index (χ0n) is 9.50. The summed E-state index contributed by atoms with van der Waals surface area (Å²) < 4.78 is 24.7. The van der Waals surface area contributed by atoms with Crippen molar-refractivity contribution in [3.8, 4) is 0 Å². The van der Waals surface area contributed by atoms with Gasteiger partial charge < -0.3 is 5.73 Å². The number of halogens is 2. The Bertz CT molecular complexity index is 316. The van der Waals surface area contributed by atoms with E-state index in [1.807, 2.05) is 31.2 Å². The fraction of sp³-hybridized carbons (Fsp3) is 0.500. The number of nitrogens with zero attached hydrogens (tertiary/aromatic N) is 1. The van der Waals surface area contributed by atoms with Gasteiger partial charge in [0.05, 0.1) is 6.54 Å². The quantitative estimate of drug-likeness (QED) is 0.807. The summed E-state index contributed by atoms with van der Waals surface area (Å²) in [5, 5.41) is 0. The number of rotatable bonds is 6. The highest BCUT2D eigenvalue weighted by Crippen LogP contribution is 2.11. The summed E-state index contributed by atoms with van der Waals surface area (Å²) in [6, 6.07) is 7.81. The van der Waals surface area contributed by atoms with Gasteiger partial charge in [0.1, 0.15) is 0 Å². The minimum atomic E-state index is -2.31. The van der Waals surface area contributed by atoms with Crippen LogP contribution in [0.2, 0.25) is 0 Å². The minimum Gasteiger partial charge on any atom is -0.329 e. The Kier molecular flexibility index (Phi) is 5.35. The molecule has 0 saturated heterocycles. The van der Waals surface area contributed by atoms with Crippen LogP contribution in [-0.2, 0) is 6.54 Å². The van der Waals surface area contributed by atoms with Crippen LogP contribution in [0.4, 0.5) is 8.78 Å². The molecule has 2 nitrogen and oxygen atoms in total. The van der Waals surface area contributed by atoms with Crippen LogP contribution in [0.15, 0.2) is 24.3 Å². The van der Waals surface area contributed by atoms with Crippen LogP contribution in [0.1, 0.15) is 11.1 Å². The molecule has 0 radical (unpaired) electrons. The van der Waals surface area contributed by atoms with Gasteiger partial charge in [-0.05, 0) is 18.1 Å². The van der Waals surface area contributed by atoms with Crippen molar-refractivity contribution in [2.24, 2.45) is 5.73 Å². The van der Waals surface area contributed by atoms with Crippen LogP contribution in [0.3, 0.4) is 0 Å². The Morgan fingerprint density at radius 1 is 1.31 bits per heavy atom. The molecule has 0 amide bonds. The Hall–Kier alpha value is -1.00. The smallest absolute Gasteiger partial charge is 0.251 e. The fourth-order valence-corrected chi connectivity index (χ4v) is 1.64. The Balaban J connectivity index is 2.64. The summed E-state index contributed by atoms with van der Waals surface area (Å²) in [5.41, 5.74) is 7.61. The van der Waals surface area contributed by atoms with Crippen molar-refractivity contribution in [1.29, 1.82) is 0 Å². The predicted octanol–water partition coefficient (Wildman–Crippen LogP) is 2.02. The molecule has 0 fully saturated rings. The molecule has 0 aromatic heterocycles. The molecule has 16 heavy (non-hydrogen) atoms. The summed E-state index contributed by atoms with van der Waals surface area (Å²) in [7, 11) is 0. The molecular formula is C12H18F2N2. The molecule has 0 saturated carbocycles. The highest BCUT2D eigenvalue weighted by atomic mass is 19.3. The monoisotopic (exact) mass is 228 g/mol. The molecule has 1 aromatic rings. The van der Waals surface area contributed by atoms with Crippen LogP contribution in [-0.4, -0.2) is 31.0 Å². The Morgan fingerprint density at radius 2 is 2.00 bits per heavy atom. The third kappa shape index (κ3) is 4.24. The normalized spacial score (nSPS) is 11.4. The van der Waals surface area contributed by atoms with Gasteiger partial charge in [0.2, 0.25) is 0 Å². The third-order valence-corrected chi connectivity index (χ3v) is 2.50. The fourth-order valence-electron chi connectivity index (χ4n) is 1.64. The first-order valence-corrected chi connectivity index (χ1v) is 5.38. The van der Waals surface area contributed by atoms with Crippen molar-refractivity contribution in [2.75, 3.05) is 19.6 Å². The second-order valence-corrected chi connectivity index (χ2v) is 3.84. The van der Waals surface area contributed by atoms with Gasteiger partial charge in [0.15, 0.2) is 0 Å². The summed E-state index contributed by atoms with van der Waals surface area (Å²) in [6.45, 7) is 3.20. The summed E-state index contributed by atoms with van der Waals surface area (Å²) in [5.74, 6) is 0. The van der Waals surface area contributed by atoms with Crippen molar-refractivity contribution in [3.05, 3.63) is 35.4 Å². The molecule has 0 unspecified atom stereocenters. The molecule has 0 atom stereocenters. The number of hydrogen-bond donors (Lipinski definition) is 1. The summed E-state index contributed by atoms with van der Waals surface area (Å²) in [4.78, 5) is 1.69. The topological polar surface area (TPSA) is 29.3 Å². The van der Waals surface area contributed by atoms with Crippen LogP contribution >= 0.6 is 0 Å². The van der Waals surface area contributed by atoms with Gasteiger partial charge in [-0.15, -0.1) is 0 Å². The number of aryl methyl sites for hydroxylation is 1. The average Bonchev–Trinajstić information content (AvgIpc) is 2.21. The average molecular weight is 228 g/mol. The lowest BCUT2D eigenvalue weighted by Crippen LogP contribution is -2.33. The lowest BCUT2D eigenvalue weighted by Gasteiger charge is -2.21. The maximum Gasteiger partial charge on any atom is 0.251 e. The maximum atomic E-state index is 12.3. The van der Waals surface area contributed by atoms with Gasteiger partial charge >= 0.3 is 0 Å². The largest absolute Gasteiger partial charge is 0.329 e. The molecule has 2 N–H and O–H groups in total. The number of hydrogen-bond acceptors (Lipinski definition) is 2. The van der Waals surface area contributed by atoms with E-state index in [2.05, 4.69) is 0 Å². The zero-order valence-corrected chi connectivity index (χ0v) is 9.50. The highest BCUT2D eigenvalue weighted by Gasteiger charge is 2.12. The molecule has 4 heteroatoms. The van der Waals surface area contributed by atoms with Crippen LogP contribution < -0.4 is 5.73 Å². The number of nitrogens with two attached hydrogens (primary N) is 1. The van der Waals surface area contributed by atoms with Crippen molar-refractivity contribution in [1.82, 2.24) is 4.90 Å². The van der Waals surface area contributed by atoms with Gasteiger partial charge in [-0.25, -0.2) is 8.78 Å². The first-order valence-electron chi connectivity index (χ1n) is 5.38. The van der Waals surface area contributed by atoms with Crippen molar-refractivity contribution >= 4 is 0 Å². The van der Waals surface area contributed by atoms with Crippen LogP contribution in [0.25, 0.3) is 0 Å². The second kappa shape index (κ2) is 6.55. The molecular weight excluding hydrogens is 210 g/mol. The van der Waals surface area contributed by atoms with Crippen LogP contribution in [0, 0.1) is 6.92 Å². The zero-order chi connectivity index (χ0) is 12.0. The van der Waals surface area contributed by atoms with Crippen LogP contribution in [0.5, 0.6) is 0 Å². The molecule has 0 bridgehead atoms. The Morgan fingerprint density at radius 3 is 2.56 bits per heavy atom. The molecule has 0 aliphatic heterocycles. The highest BCUT2D eigenvalue weighted by molar-refractivity contribution is 5.25. The first-order chi connectivity index (χ1) is 7.63. The van der Waals surface area contributed by atoms with Crippen molar-refractivity contribution in [3.63, 3.8) is 0 Å². The Labute approximate surface area is 95.1 Å². The van der Waals surface area contributed by atoms with Gasteiger partial charge in [0, 0.05) is 19.6 Å². The van der Waals surface area contributed by atoms with Gasteiger partial charge in [-0.3, -0.25) is 4.90 Å². The SMILES string of the molecule is Cc1ccccc1CN(CCN)CC(F)F.